The second-order valence-corrected chi connectivity index (χ2v) is 3.56. The molecule has 0 aliphatic carbocycles. The third kappa shape index (κ3) is 5.00. The minimum atomic E-state index is -5.03. The zero-order valence-corrected chi connectivity index (χ0v) is 6.34. The van der Waals surface area contributed by atoms with E-state index in [-0.39, 0.29) is 0 Å². The topological polar surface area (TPSA) is 34.1 Å². The molecule has 0 N–H and O–H groups in total. The van der Waals surface area contributed by atoms with Crippen molar-refractivity contribution in [2.75, 3.05) is 5.75 Å². The third-order valence-electron chi connectivity index (χ3n) is 1.01. The summed E-state index contributed by atoms with van der Waals surface area (Å²) in [6.45, 7) is 0.608. The highest BCUT2D eigenvalue weighted by Gasteiger charge is 2.38. The summed E-state index contributed by atoms with van der Waals surface area (Å²) in [6, 6.07) is 0. The predicted molar refractivity (Wildman–Crippen MR) is 30.1 cm³/mol. The first-order valence-electron chi connectivity index (χ1n) is 2.62. The molecular formula is C4H6F4O2S. The van der Waals surface area contributed by atoms with Crippen LogP contribution in [0.25, 0.3) is 0 Å². The lowest BCUT2D eigenvalue weighted by Crippen LogP contribution is -2.25. The average molecular weight is 194 g/mol. The minimum Gasteiger partial charge on any atom is -0.195 e. The second kappa shape index (κ2) is 2.96. The zero-order chi connectivity index (χ0) is 9.28. The Morgan fingerprint density at radius 2 is 1.73 bits per heavy atom. The van der Waals surface area contributed by atoms with Crippen LogP contribution in [0.15, 0.2) is 0 Å². The smallest absolute Gasteiger partial charge is 0.195 e. The number of halogens is 4. The van der Waals surface area contributed by atoms with Crippen LogP contribution in [-0.2, 0) is 10.2 Å². The van der Waals surface area contributed by atoms with E-state index in [9.17, 15) is 25.5 Å². The molecule has 0 aliphatic heterocycles. The quantitative estimate of drug-likeness (QED) is 0.493. The van der Waals surface area contributed by atoms with Crippen molar-refractivity contribution >= 4 is 10.2 Å². The highest BCUT2D eigenvalue weighted by Crippen LogP contribution is 2.26. The molecule has 0 saturated carbocycles. The van der Waals surface area contributed by atoms with Crippen LogP contribution in [0.4, 0.5) is 17.1 Å². The van der Waals surface area contributed by atoms with Crippen LogP contribution in [0, 0.1) is 5.92 Å². The van der Waals surface area contributed by atoms with Gasteiger partial charge in [-0.3, -0.25) is 0 Å². The van der Waals surface area contributed by atoms with Gasteiger partial charge in [-0.2, -0.15) is 21.6 Å². The standard InChI is InChI=1S/C4H6F4O2S/c1-3(4(5,6)7)2-11(8,9)10/h3H,2H2,1H3. The Bertz CT molecular complexity index is 217. The molecule has 2 nitrogen and oxygen atoms in total. The van der Waals surface area contributed by atoms with Gasteiger partial charge in [0, 0.05) is 0 Å². The Morgan fingerprint density at radius 1 is 1.36 bits per heavy atom. The molecule has 1 atom stereocenters. The zero-order valence-electron chi connectivity index (χ0n) is 5.52. The van der Waals surface area contributed by atoms with E-state index >= 15 is 0 Å². The summed E-state index contributed by atoms with van der Waals surface area (Å²) in [6.07, 6.45) is -4.65. The van der Waals surface area contributed by atoms with Crippen LogP contribution in [0.5, 0.6) is 0 Å². The maximum atomic E-state index is 11.6. The van der Waals surface area contributed by atoms with E-state index in [1.54, 1.807) is 0 Å². The molecule has 1 unspecified atom stereocenters. The van der Waals surface area contributed by atoms with E-state index in [0.29, 0.717) is 6.92 Å². The SMILES string of the molecule is CC(CS(=O)(=O)F)C(F)(F)F. The van der Waals surface area contributed by atoms with Gasteiger partial charge >= 0.3 is 16.4 Å². The molecule has 0 rings (SSSR count). The van der Waals surface area contributed by atoms with Crippen molar-refractivity contribution in [2.24, 2.45) is 5.92 Å². The molecule has 0 aliphatic rings. The van der Waals surface area contributed by atoms with Crippen molar-refractivity contribution in [3.05, 3.63) is 0 Å². The Labute approximate surface area is 61.4 Å². The maximum absolute atomic E-state index is 11.6. The van der Waals surface area contributed by atoms with Crippen molar-refractivity contribution in [3.8, 4) is 0 Å². The summed E-state index contributed by atoms with van der Waals surface area (Å²) >= 11 is 0. The highest BCUT2D eigenvalue weighted by molar-refractivity contribution is 7.86. The van der Waals surface area contributed by atoms with E-state index in [1.165, 1.54) is 0 Å². The first kappa shape index (κ1) is 10.7. The van der Waals surface area contributed by atoms with Gasteiger partial charge in [-0.25, -0.2) is 0 Å². The van der Waals surface area contributed by atoms with Crippen LogP contribution in [0.1, 0.15) is 6.92 Å². The summed E-state index contributed by atoms with van der Waals surface area (Å²) in [5.41, 5.74) is 0. The van der Waals surface area contributed by atoms with Gasteiger partial charge in [-0.05, 0) is 0 Å². The minimum absolute atomic E-state index is 0.608. The van der Waals surface area contributed by atoms with Crippen molar-refractivity contribution in [1.82, 2.24) is 0 Å². The van der Waals surface area contributed by atoms with E-state index < -0.39 is 28.1 Å². The summed E-state index contributed by atoms with van der Waals surface area (Å²) in [4.78, 5) is 0. The molecule has 0 aromatic carbocycles. The van der Waals surface area contributed by atoms with E-state index in [2.05, 4.69) is 0 Å². The van der Waals surface area contributed by atoms with Crippen molar-refractivity contribution < 1.29 is 25.5 Å². The monoisotopic (exact) mass is 194 g/mol. The average Bonchev–Trinajstić information content (AvgIpc) is 1.56. The Balaban J connectivity index is 4.21. The van der Waals surface area contributed by atoms with Gasteiger partial charge in [0.15, 0.2) is 0 Å². The van der Waals surface area contributed by atoms with Crippen LogP contribution >= 0.6 is 0 Å². The second-order valence-electron chi connectivity index (χ2n) is 2.15. The molecular weight excluding hydrogens is 188 g/mol. The molecule has 7 heteroatoms. The van der Waals surface area contributed by atoms with Crippen LogP contribution < -0.4 is 0 Å². The molecule has 68 valence electrons. The van der Waals surface area contributed by atoms with Gasteiger partial charge in [-0.15, -0.1) is 3.89 Å². The van der Waals surface area contributed by atoms with Crippen LogP contribution in [0.2, 0.25) is 0 Å². The number of alkyl halides is 3. The number of rotatable bonds is 2. The van der Waals surface area contributed by atoms with Crippen molar-refractivity contribution in [3.63, 3.8) is 0 Å². The van der Waals surface area contributed by atoms with Gasteiger partial charge in [0.25, 0.3) is 0 Å². The molecule has 0 aromatic rings. The van der Waals surface area contributed by atoms with Gasteiger partial charge in [-0.1, -0.05) is 6.92 Å². The van der Waals surface area contributed by atoms with Crippen LogP contribution in [0.3, 0.4) is 0 Å². The molecule has 0 bridgehead atoms. The lowest BCUT2D eigenvalue weighted by molar-refractivity contribution is -0.163. The van der Waals surface area contributed by atoms with E-state index in [0.717, 1.165) is 0 Å². The molecule has 0 amide bonds. The van der Waals surface area contributed by atoms with Crippen molar-refractivity contribution in [2.45, 2.75) is 13.1 Å². The molecule has 0 aromatic heterocycles. The maximum Gasteiger partial charge on any atom is 0.392 e. The summed E-state index contributed by atoms with van der Waals surface area (Å²) in [5.74, 6) is -3.66. The summed E-state index contributed by atoms with van der Waals surface area (Å²) in [7, 11) is -5.03. The first-order chi connectivity index (χ1) is 4.63. The largest absolute Gasteiger partial charge is 0.392 e. The highest BCUT2D eigenvalue weighted by atomic mass is 32.3. The Hall–Kier alpha value is -0.330. The Kier molecular flexibility index (Phi) is 2.87. The number of hydrogen-bond donors (Lipinski definition) is 0. The Morgan fingerprint density at radius 3 is 1.82 bits per heavy atom. The van der Waals surface area contributed by atoms with E-state index in [1.807, 2.05) is 0 Å². The lowest BCUT2D eigenvalue weighted by atomic mass is 10.2. The van der Waals surface area contributed by atoms with Gasteiger partial charge in [0.2, 0.25) is 0 Å². The lowest BCUT2D eigenvalue weighted by Gasteiger charge is -2.12. The molecule has 0 fully saturated rings. The third-order valence-corrected chi connectivity index (χ3v) is 1.91. The summed E-state index contributed by atoms with van der Waals surface area (Å²) < 4.78 is 65.7. The fraction of sp³-hybridized carbons (Fsp3) is 1.00. The van der Waals surface area contributed by atoms with Gasteiger partial charge < -0.3 is 0 Å². The summed E-state index contributed by atoms with van der Waals surface area (Å²) in [5, 5.41) is 0. The molecule has 0 radical (unpaired) electrons. The van der Waals surface area contributed by atoms with E-state index in [4.69, 9.17) is 0 Å². The molecule has 0 heterocycles. The molecule has 0 saturated heterocycles. The molecule has 11 heavy (non-hydrogen) atoms. The fourth-order valence-electron chi connectivity index (χ4n) is 0.393. The van der Waals surface area contributed by atoms with Crippen molar-refractivity contribution in [1.29, 1.82) is 0 Å². The van der Waals surface area contributed by atoms with Crippen LogP contribution in [-0.4, -0.2) is 20.3 Å². The normalized spacial score (nSPS) is 16.5. The fourth-order valence-corrected chi connectivity index (χ4v) is 1.18. The predicted octanol–water partition coefficient (Wildman–Crippen LogP) is 1.48. The molecule has 0 spiro atoms. The van der Waals surface area contributed by atoms with Gasteiger partial charge in [0.1, 0.15) is 0 Å². The van der Waals surface area contributed by atoms with Gasteiger partial charge in [0.05, 0.1) is 11.7 Å². The first-order valence-corrected chi connectivity index (χ1v) is 4.17. The number of hydrogen-bond acceptors (Lipinski definition) is 2.